The van der Waals surface area contributed by atoms with Gasteiger partial charge in [0, 0.05) is 6.54 Å². The highest BCUT2D eigenvalue weighted by atomic mass is 16.4. The number of nitrogens with two attached hydrogens (primary N) is 2. The summed E-state index contributed by atoms with van der Waals surface area (Å²) in [6.45, 7) is -1.55. The second-order valence-electron chi connectivity index (χ2n) is 6.68. The molecule has 1 fully saturated rings. The molecule has 1 rings (SSSR count). The number of hydrogen-bond donors (Lipinski definition) is 8. The predicted octanol–water partition coefficient (Wildman–Crippen LogP) is -4.52. The van der Waals surface area contributed by atoms with Crippen molar-refractivity contribution in [2.45, 2.75) is 37.4 Å². The highest BCUT2D eigenvalue weighted by Gasteiger charge is 2.39. The van der Waals surface area contributed by atoms with Crippen molar-refractivity contribution in [2.24, 2.45) is 16.5 Å². The molecule has 10 N–H and O–H groups in total. The van der Waals surface area contributed by atoms with Crippen molar-refractivity contribution in [3.63, 3.8) is 0 Å². The summed E-state index contributed by atoms with van der Waals surface area (Å²) in [4.78, 5) is 75.0. The maximum Gasteiger partial charge on any atom is 0.328 e. The van der Waals surface area contributed by atoms with E-state index in [9.17, 15) is 28.8 Å². The summed E-state index contributed by atoms with van der Waals surface area (Å²) in [5.74, 6) is -6.12. The molecule has 0 radical (unpaired) electrons. The number of carbonyl (C=O) groups excluding carboxylic acids is 4. The van der Waals surface area contributed by atoms with Gasteiger partial charge in [0.15, 0.2) is 5.96 Å². The average Bonchev–Trinajstić information content (AvgIpc) is 2.95. The number of nitrogens with one attached hydrogen (secondary N) is 3. The molecule has 178 valence electrons. The second kappa shape index (κ2) is 12.0. The first-order valence-corrected chi connectivity index (χ1v) is 9.28. The number of hydrogen-bond acceptors (Lipinski definition) is 8. The number of carboxylic acid groups (broad SMARTS) is 2. The Kier molecular flexibility index (Phi) is 9.81. The fourth-order valence-electron chi connectivity index (χ4n) is 2.65. The van der Waals surface area contributed by atoms with Crippen LogP contribution in [0.4, 0.5) is 4.79 Å². The minimum Gasteiger partial charge on any atom is -0.481 e. The Morgan fingerprint density at radius 1 is 1.12 bits per heavy atom. The van der Waals surface area contributed by atoms with Crippen molar-refractivity contribution in [3.8, 4) is 0 Å². The lowest BCUT2D eigenvalue weighted by atomic mass is 10.1. The SMILES string of the molecule is NC(N)=NCCC[C@@H]1NC(=O)N(CC(=O)N[C@@H](CC(=O)O)C(=O)N[C@@H](CO)C(=O)O)C1=O. The first kappa shape index (κ1) is 26.1. The van der Waals surface area contributed by atoms with E-state index in [1.165, 1.54) is 0 Å². The number of urea groups is 1. The van der Waals surface area contributed by atoms with Crippen LogP contribution in [0.2, 0.25) is 0 Å². The molecule has 0 bridgehead atoms. The van der Waals surface area contributed by atoms with Gasteiger partial charge in [-0.3, -0.25) is 29.1 Å². The van der Waals surface area contributed by atoms with Crippen molar-refractivity contribution < 1.29 is 44.1 Å². The van der Waals surface area contributed by atoms with Crippen LogP contribution in [0.15, 0.2) is 4.99 Å². The third-order valence-electron chi connectivity index (χ3n) is 4.18. The molecule has 1 heterocycles. The molecule has 16 nitrogen and oxygen atoms in total. The second-order valence-corrected chi connectivity index (χ2v) is 6.68. The fraction of sp³-hybridized carbons (Fsp3) is 0.562. The molecule has 1 aliphatic rings. The number of guanidine groups is 1. The highest BCUT2D eigenvalue weighted by molar-refractivity contribution is 6.06. The van der Waals surface area contributed by atoms with Crippen LogP contribution in [-0.4, -0.2) is 99.7 Å². The molecule has 0 aliphatic carbocycles. The van der Waals surface area contributed by atoms with Gasteiger partial charge in [0.1, 0.15) is 24.7 Å². The van der Waals surface area contributed by atoms with E-state index in [1.807, 2.05) is 10.6 Å². The Hall–Kier alpha value is -3.95. The maximum absolute atomic E-state index is 12.3. The molecule has 0 aromatic rings. The number of aliphatic carboxylic acids is 2. The predicted molar refractivity (Wildman–Crippen MR) is 105 cm³/mol. The van der Waals surface area contributed by atoms with Crippen LogP contribution in [0, 0.1) is 0 Å². The Bertz CT molecular complexity index is 797. The molecule has 32 heavy (non-hydrogen) atoms. The van der Waals surface area contributed by atoms with E-state index >= 15 is 0 Å². The van der Waals surface area contributed by atoms with Gasteiger partial charge < -0.3 is 42.7 Å². The Morgan fingerprint density at radius 3 is 2.31 bits per heavy atom. The van der Waals surface area contributed by atoms with Crippen LogP contribution in [0.1, 0.15) is 19.3 Å². The normalized spacial score (nSPS) is 17.2. The lowest BCUT2D eigenvalue weighted by Crippen LogP contribution is -2.54. The Balaban J connectivity index is 2.72. The van der Waals surface area contributed by atoms with E-state index in [1.54, 1.807) is 0 Å². The average molecular weight is 459 g/mol. The number of aliphatic hydroxyl groups excluding tert-OH is 1. The quantitative estimate of drug-likeness (QED) is 0.0562. The number of carboxylic acids is 2. The lowest BCUT2D eigenvalue weighted by molar-refractivity contribution is -0.144. The monoisotopic (exact) mass is 459 g/mol. The van der Waals surface area contributed by atoms with E-state index in [2.05, 4.69) is 10.3 Å². The van der Waals surface area contributed by atoms with Crippen molar-refractivity contribution in [1.29, 1.82) is 0 Å². The summed E-state index contributed by atoms with van der Waals surface area (Å²) in [5.41, 5.74) is 10.4. The van der Waals surface area contributed by atoms with Gasteiger partial charge in [0.2, 0.25) is 11.8 Å². The van der Waals surface area contributed by atoms with Gasteiger partial charge in [0.25, 0.3) is 5.91 Å². The molecule has 1 aliphatic heterocycles. The number of imide groups is 1. The largest absolute Gasteiger partial charge is 0.481 e. The molecule has 0 spiro atoms. The van der Waals surface area contributed by atoms with Crippen molar-refractivity contribution >= 4 is 41.7 Å². The minimum atomic E-state index is -1.72. The molecular formula is C16H25N7O9. The number of aliphatic hydroxyl groups is 1. The van der Waals surface area contributed by atoms with E-state index in [0.717, 1.165) is 0 Å². The molecule has 16 heteroatoms. The molecule has 3 atom stereocenters. The number of rotatable bonds is 13. The van der Waals surface area contributed by atoms with Crippen LogP contribution >= 0.6 is 0 Å². The maximum atomic E-state index is 12.3. The zero-order chi connectivity index (χ0) is 24.4. The van der Waals surface area contributed by atoms with Crippen molar-refractivity contribution in [1.82, 2.24) is 20.9 Å². The summed E-state index contributed by atoms with van der Waals surface area (Å²) in [7, 11) is 0. The van der Waals surface area contributed by atoms with Crippen molar-refractivity contribution in [3.05, 3.63) is 0 Å². The lowest BCUT2D eigenvalue weighted by Gasteiger charge is -2.20. The van der Waals surface area contributed by atoms with Crippen LogP contribution in [0.3, 0.4) is 0 Å². The zero-order valence-corrected chi connectivity index (χ0v) is 16.8. The third kappa shape index (κ3) is 8.05. The van der Waals surface area contributed by atoms with Gasteiger partial charge in [-0.2, -0.15) is 0 Å². The van der Waals surface area contributed by atoms with Gasteiger partial charge >= 0.3 is 18.0 Å². The fourth-order valence-corrected chi connectivity index (χ4v) is 2.65. The number of nitrogens with zero attached hydrogens (tertiary/aromatic N) is 2. The summed E-state index contributed by atoms with van der Waals surface area (Å²) >= 11 is 0. The summed E-state index contributed by atoms with van der Waals surface area (Å²) < 4.78 is 0. The zero-order valence-electron chi connectivity index (χ0n) is 16.8. The topological polar surface area (TPSA) is 267 Å². The molecule has 0 aromatic heterocycles. The smallest absolute Gasteiger partial charge is 0.328 e. The van der Waals surface area contributed by atoms with E-state index in [4.69, 9.17) is 26.8 Å². The van der Waals surface area contributed by atoms with E-state index in [-0.39, 0.29) is 18.9 Å². The number of carbonyl (C=O) groups is 6. The van der Waals surface area contributed by atoms with E-state index < -0.39 is 73.4 Å². The van der Waals surface area contributed by atoms with Crippen LogP contribution in [0.25, 0.3) is 0 Å². The van der Waals surface area contributed by atoms with Gasteiger partial charge in [-0.15, -0.1) is 0 Å². The van der Waals surface area contributed by atoms with Gasteiger partial charge in [-0.05, 0) is 12.8 Å². The Morgan fingerprint density at radius 2 is 1.78 bits per heavy atom. The molecule has 1 saturated heterocycles. The first-order chi connectivity index (χ1) is 15.0. The standard InChI is InChI=1S/C16H25N7O9/c17-15(18)19-3-1-2-7-13(29)23(16(32)22-7)5-10(25)20-8(4-11(26)27)12(28)21-9(6-24)14(30)31/h7-9,24H,1-6H2,(H,20,25)(H,21,28)(H,22,32)(H,26,27)(H,30,31)(H4,17,18,19)/t7-,8-,9-/m0/s1. The van der Waals surface area contributed by atoms with Crippen molar-refractivity contribution in [2.75, 3.05) is 19.7 Å². The number of aliphatic imine (C=N–C) groups is 1. The van der Waals surface area contributed by atoms with Gasteiger partial charge in [0.05, 0.1) is 13.0 Å². The van der Waals surface area contributed by atoms with Crippen LogP contribution in [0.5, 0.6) is 0 Å². The molecular weight excluding hydrogens is 434 g/mol. The Labute approximate surface area is 181 Å². The molecule has 0 unspecified atom stereocenters. The number of amides is 5. The molecule has 0 aromatic carbocycles. The third-order valence-corrected chi connectivity index (χ3v) is 4.18. The summed E-state index contributed by atoms with van der Waals surface area (Å²) in [6, 6.07) is -5.21. The van der Waals surface area contributed by atoms with Crippen LogP contribution < -0.4 is 27.4 Å². The molecule has 0 saturated carbocycles. The van der Waals surface area contributed by atoms with E-state index in [0.29, 0.717) is 11.3 Å². The first-order valence-electron chi connectivity index (χ1n) is 9.28. The van der Waals surface area contributed by atoms with Gasteiger partial charge in [-0.25, -0.2) is 9.59 Å². The summed E-state index contributed by atoms with van der Waals surface area (Å²) in [6.07, 6.45) is -0.352. The van der Waals surface area contributed by atoms with Crippen LogP contribution in [-0.2, 0) is 24.0 Å². The van der Waals surface area contributed by atoms with Gasteiger partial charge in [-0.1, -0.05) is 0 Å². The highest BCUT2D eigenvalue weighted by Crippen LogP contribution is 2.11. The summed E-state index contributed by atoms with van der Waals surface area (Å²) in [5, 5.41) is 33.1. The molecule has 5 amide bonds. The minimum absolute atomic E-state index is 0.126.